The molecule has 2 heterocycles. The molecule has 0 aliphatic carbocycles. The number of anilines is 2. The molecule has 0 unspecified atom stereocenters. The van der Waals surface area contributed by atoms with E-state index in [0.717, 1.165) is 27.9 Å². The number of hydrogen-bond acceptors (Lipinski definition) is 4. The first-order valence-corrected chi connectivity index (χ1v) is 7.54. The number of nitrogens with one attached hydrogen (secondary N) is 1. The van der Waals surface area contributed by atoms with Gasteiger partial charge in [-0.05, 0) is 30.2 Å². The van der Waals surface area contributed by atoms with Crippen LogP contribution in [0, 0.1) is 0 Å². The predicted octanol–water partition coefficient (Wildman–Crippen LogP) is 3.69. The van der Waals surface area contributed by atoms with E-state index in [-0.39, 0.29) is 5.91 Å². The van der Waals surface area contributed by atoms with Gasteiger partial charge in [0.2, 0.25) is 0 Å². The van der Waals surface area contributed by atoms with Crippen molar-refractivity contribution in [1.82, 2.24) is 4.98 Å². The number of hydrogen-bond donors (Lipinski definition) is 2. The number of carbonyl (C=O) groups is 1. The van der Waals surface area contributed by atoms with Crippen molar-refractivity contribution in [2.45, 2.75) is 13.3 Å². The second-order valence-corrected chi connectivity index (χ2v) is 5.71. The maximum atomic E-state index is 12.4. The van der Waals surface area contributed by atoms with E-state index >= 15 is 0 Å². The Hall–Kier alpha value is -2.40. The average molecular weight is 297 g/mol. The molecule has 0 radical (unpaired) electrons. The summed E-state index contributed by atoms with van der Waals surface area (Å²) in [6.07, 6.45) is 2.72. The van der Waals surface area contributed by atoms with E-state index in [1.807, 2.05) is 42.6 Å². The lowest BCUT2D eigenvalue weighted by Gasteiger charge is -2.03. The first-order chi connectivity index (χ1) is 10.2. The fraction of sp³-hybridized carbons (Fsp3) is 0.125. The van der Waals surface area contributed by atoms with Crippen molar-refractivity contribution in [3.8, 4) is 0 Å². The van der Waals surface area contributed by atoms with Crippen LogP contribution in [0.4, 0.5) is 11.4 Å². The Morgan fingerprint density at radius 3 is 2.81 bits per heavy atom. The molecule has 0 saturated carbocycles. The minimum absolute atomic E-state index is 0.195. The quantitative estimate of drug-likeness (QED) is 0.774. The highest BCUT2D eigenvalue weighted by Crippen LogP contribution is 2.33. The summed E-state index contributed by atoms with van der Waals surface area (Å²) in [5, 5.41) is 3.71. The molecule has 0 fully saturated rings. The molecule has 0 saturated heterocycles. The Morgan fingerprint density at radius 2 is 2.10 bits per heavy atom. The van der Waals surface area contributed by atoms with Crippen molar-refractivity contribution in [3.05, 3.63) is 53.0 Å². The molecule has 106 valence electrons. The number of amides is 1. The fourth-order valence-corrected chi connectivity index (χ4v) is 3.06. The van der Waals surface area contributed by atoms with Gasteiger partial charge in [-0.25, -0.2) is 4.98 Å². The summed E-state index contributed by atoms with van der Waals surface area (Å²) >= 11 is 1.32. The zero-order chi connectivity index (χ0) is 14.8. The van der Waals surface area contributed by atoms with Gasteiger partial charge in [-0.3, -0.25) is 4.79 Å². The van der Waals surface area contributed by atoms with Gasteiger partial charge < -0.3 is 11.1 Å². The van der Waals surface area contributed by atoms with Crippen LogP contribution in [0.2, 0.25) is 0 Å². The molecular formula is C16H15N3OS. The second-order valence-electron chi connectivity index (χ2n) is 4.71. The third-order valence-electron chi connectivity index (χ3n) is 3.29. The van der Waals surface area contributed by atoms with E-state index in [2.05, 4.69) is 17.2 Å². The van der Waals surface area contributed by atoms with Crippen LogP contribution in [0.25, 0.3) is 10.2 Å². The SMILES string of the molecule is CCc1cnc2sc(C(=O)Nc3ccccc3)c(N)c2c1. The lowest BCUT2D eigenvalue weighted by atomic mass is 10.1. The van der Waals surface area contributed by atoms with Gasteiger partial charge in [0.05, 0.1) is 5.69 Å². The molecule has 0 aliphatic heterocycles. The van der Waals surface area contributed by atoms with Gasteiger partial charge >= 0.3 is 0 Å². The van der Waals surface area contributed by atoms with Crippen molar-refractivity contribution in [2.24, 2.45) is 0 Å². The van der Waals surface area contributed by atoms with Crippen LogP contribution >= 0.6 is 11.3 Å². The van der Waals surface area contributed by atoms with Gasteiger partial charge in [0.25, 0.3) is 5.91 Å². The number of pyridine rings is 1. The number of fused-ring (bicyclic) bond motifs is 1. The second kappa shape index (κ2) is 5.54. The summed E-state index contributed by atoms with van der Waals surface area (Å²) in [7, 11) is 0. The maximum Gasteiger partial charge on any atom is 0.267 e. The first kappa shape index (κ1) is 13.6. The van der Waals surface area contributed by atoms with E-state index in [1.165, 1.54) is 11.3 Å². The third-order valence-corrected chi connectivity index (χ3v) is 4.42. The Bertz CT molecular complexity index is 796. The normalized spacial score (nSPS) is 10.7. The van der Waals surface area contributed by atoms with Gasteiger partial charge in [0.1, 0.15) is 9.71 Å². The molecule has 0 atom stereocenters. The van der Waals surface area contributed by atoms with E-state index in [0.29, 0.717) is 10.6 Å². The number of para-hydroxylation sites is 1. The largest absolute Gasteiger partial charge is 0.397 e. The predicted molar refractivity (Wildman–Crippen MR) is 87.8 cm³/mol. The number of rotatable bonds is 3. The highest BCUT2D eigenvalue weighted by Gasteiger charge is 2.17. The van der Waals surface area contributed by atoms with Gasteiger partial charge in [-0.2, -0.15) is 0 Å². The Labute approximate surface area is 126 Å². The highest BCUT2D eigenvalue weighted by atomic mass is 32.1. The number of benzene rings is 1. The van der Waals surface area contributed by atoms with Gasteiger partial charge in [0.15, 0.2) is 0 Å². The fourth-order valence-electron chi connectivity index (χ4n) is 2.12. The molecule has 3 rings (SSSR count). The van der Waals surface area contributed by atoms with Crippen LogP contribution in [-0.4, -0.2) is 10.9 Å². The molecule has 3 aromatic rings. The Balaban J connectivity index is 1.96. The van der Waals surface area contributed by atoms with Crippen LogP contribution in [0.5, 0.6) is 0 Å². The van der Waals surface area contributed by atoms with Crippen molar-refractivity contribution < 1.29 is 4.79 Å². The van der Waals surface area contributed by atoms with Gasteiger partial charge in [0, 0.05) is 17.3 Å². The summed E-state index contributed by atoms with van der Waals surface area (Å²) in [5.74, 6) is -0.195. The number of carbonyl (C=O) groups excluding carboxylic acids is 1. The number of thiophene rings is 1. The van der Waals surface area contributed by atoms with Gasteiger partial charge in [-0.1, -0.05) is 25.1 Å². The maximum absolute atomic E-state index is 12.4. The smallest absolute Gasteiger partial charge is 0.267 e. The molecule has 1 aromatic carbocycles. The highest BCUT2D eigenvalue weighted by molar-refractivity contribution is 7.21. The van der Waals surface area contributed by atoms with E-state index in [1.54, 1.807) is 0 Å². The number of nitrogens with zero attached hydrogens (tertiary/aromatic N) is 1. The Morgan fingerprint density at radius 1 is 1.33 bits per heavy atom. The average Bonchev–Trinajstić information content (AvgIpc) is 2.85. The first-order valence-electron chi connectivity index (χ1n) is 6.72. The molecule has 3 N–H and O–H groups in total. The van der Waals surface area contributed by atoms with Crippen molar-refractivity contribution in [1.29, 1.82) is 0 Å². The zero-order valence-electron chi connectivity index (χ0n) is 11.6. The monoisotopic (exact) mass is 297 g/mol. The number of aryl methyl sites for hydroxylation is 1. The minimum Gasteiger partial charge on any atom is -0.397 e. The van der Waals surface area contributed by atoms with Gasteiger partial charge in [-0.15, -0.1) is 11.3 Å². The third kappa shape index (κ3) is 2.60. The van der Waals surface area contributed by atoms with Crippen LogP contribution in [-0.2, 0) is 6.42 Å². The topological polar surface area (TPSA) is 68.0 Å². The van der Waals surface area contributed by atoms with Crippen LogP contribution in [0.15, 0.2) is 42.6 Å². The lowest BCUT2D eigenvalue weighted by molar-refractivity contribution is 0.103. The van der Waals surface area contributed by atoms with Crippen molar-refractivity contribution in [2.75, 3.05) is 11.1 Å². The lowest BCUT2D eigenvalue weighted by Crippen LogP contribution is -2.11. The standard InChI is InChI=1S/C16H15N3OS/c1-2-10-8-12-13(17)14(21-16(12)18-9-10)15(20)19-11-6-4-3-5-7-11/h3-9H,2,17H2,1H3,(H,19,20). The molecule has 4 nitrogen and oxygen atoms in total. The van der Waals surface area contributed by atoms with Crippen LogP contribution < -0.4 is 11.1 Å². The molecule has 0 spiro atoms. The molecule has 0 bridgehead atoms. The molecular weight excluding hydrogens is 282 g/mol. The van der Waals surface area contributed by atoms with E-state index < -0.39 is 0 Å². The number of nitrogens with two attached hydrogens (primary N) is 1. The molecule has 0 aliphatic rings. The van der Waals surface area contributed by atoms with Crippen LogP contribution in [0.1, 0.15) is 22.2 Å². The summed E-state index contributed by atoms with van der Waals surface area (Å²) in [4.78, 5) is 18.0. The van der Waals surface area contributed by atoms with E-state index in [4.69, 9.17) is 5.73 Å². The van der Waals surface area contributed by atoms with Crippen LogP contribution in [0.3, 0.4) is 0 Å². The van der Waals surface area contributed by atoms with E-state index in [9.17, 15) is 4.79 Å². The summed E-state index contributed by atoms with van der Waals surface area (Å²) in [6.45, 7) is 2.06. The Kier molecular flexibility index (Phi) is 3.58. The summed E-state index contributed by atoms with van der Waals surface area (Å²) in [5.41, 5.74) is 8.50. The summed E-state index contributed by atoms with van der Waals surface area (Å²) in [6, 6.07) is 11.3. The molecule has 5 heteroatoms. The number of nitrogen functional groups attached to an aromatic ring is 1. The molecule has 21 heavy (non-hydrogen) atoms. The van der Waals surface area contributed by atoms with Crippen molar-refractivity contribution in [3.63, 3.8) is 0 Å². The zero-order valence-corrected chi connectivity index (χ0v) is 12.4. The minimum atomic E-state index is -0.195. The number of aromatic nitrogens is 1. The summed E-state index contributed by atoms with van der Waals surface area (Å²) < 4.78 is 0. The van der Waals surface area contributed by atoms with Crippen molar-refractivity contribution >= 4 is 38.8 Å². The molecule has 2 aromatic heterocycles. The molecule has 1 amide bonds.